The maximum atomic E-state index is 10.2. The zero-order chi connectivity index (χ0) is 27.4. The van der Waals surface area contributed by atoms with E-state index in [0.717, 1.165) is 72.8 Å². The molecule has 0 aromatic heterocycles. The smallest absolute Gasteiger partial charge is 0.0715 e. The van der Waals surface area contributed by atoms with Gasteiger partial charge >= 0.3 is 0 Å². The number of benzene rings is 3. The maximum absolute atomic E-state index is 10.2. The first-order valence-electron chi connectivity index (χ1n) is 9.41. The molecule has 0 fully saturated rings. The molecule has 0 saturated heterocycles. The Morgan fingerprint density at radius 2 is 0.378 bits per heavy atom. The van der Waals surface area contributed by atoms with Crippen molar-refractivity contribution >= 4 is 35.8 Å². The van der Waals surface area contributed by atoms with E-state index in [0.29, 0.717) is 0 Å². The van der Waals surface area contributed by atoms with Crippen molar-refractivity contribution in [1.29, 1.82) is 0 Å². The van der Waals surface area contributed by atoms with E-state index in [1.165, 1.54) is 0 Å². The van der Waals surface area contributed by atoms with Gasteiger partial charge in [-0.15, -0.1) is 0 Å². The van der Waals surface area contributed by atoms with Crippen LogP contribution in [0.15, 0.2) is 72.8 Å². The number of carboxylic acids is 6. The predicted octanol–water partition coefficient (Wildman–Crippen LogP) is -4.76. The summed E-state index contributed by atoms with van der Waals surface area (Å²) in [6.07, 6.45) is 0. The molecule has 0 N–H and O–H groups in total. The van der Waals surface area contributed by atoms with E-state index in [-0.39, 0.29) is 54.4 Å². The zero-order valence-electron chi connectivity index (χ0n) is 18.2. The van der Waals surface area contributed by atoms with Gasteiger partial charge in [-0.1, -0.05) is 72.8 Å². The molecule has 0 aliphatic heterocycles. The quantitative estimate of drug-likeness (QED) is 0.247. The molecule has 3 aromatic rings. The van der Waals surface area contributed by atoms with Gasteiger partial charge < -0.3 is 59.4 Å². The second-order valence-electron chi connectivity index (χ2n) is 6.46. The van der Waals surface area contributed by atoms with Crippen LogP contribution < -0.4 is 30.6 Å². The van der Waals surface area contributed by atoms with Gasteiger partial charge in [0.1, 0.15) is 0 Å². The summed E-state index contributed by atoms with van der Waals surface area (Å²) in [7, 11) is 0. The summed E-state index contributed by atoms with van der Waals surface area (Å²) in [6.45, 7) is 0. The van der Waals surface area contributed by atoms with E-state index >= 15 is 0 Å². The van der Waals surface area contributed by atoms with Gasteiger partial charge in [-0.25, -0.2) is 0 Å². The molecule has 0 spiro atoms. The van der Waals surface area contributed by atoms with Crippen LogP contribution in [-0.4, -0.2) is 35.8 Å². The van der Waals surface area contributed by atoms with E-state index in [1.54, 1.807) is 0 Å². The Bertz CT molecular complexity index is 1010. The third-order valence-electron chi connectivity index (χ3n) is 4.07. The predicted molar refractivity (Wildman–Crippen MR) is 105 cm³/mol. The SMILES string of the molecule is O=C([O-])c1ccc(C(=O)[O-])cc1.O=C([O-])c1ccc(C(=O)[O-])cc1.O=C([O-])c1ccc(C(=O)[O-])cc1.[Mo]. The molecule has 192 valence electrons. The fraction of sp³-hybridized carbons (Fsp3) is 0. The van der Waals surface area contributed by atoms with Gasteiger partial charge in [-0.3, -0.25) is 0 Å². The third-order valence-corrected chi connectivity index (χ3v) is 4.07. The monoisotopic (exact) mass is 590 g/mol. The first kappa shape index (κ1) is 32.2. The Balaban J connectivity index is 0.000000518. The van der Waals surface area contributed by atoms with E-state index in [2.05, 4.69) is 0 Å². The van der Waals surface area contributed by atoms with E-state index < -0.39 is 35.8 Å². The van der Waals surface area contributed by atoms with Gasteiger partial charge in [0, 0.05) is 21.1 Å². The molecule has 37 heavy (non-hydrogen) atoms. The molecule has 0 saturated carbocycles. The summed E-state index contributed by atoms with van der Waals surface area (Å²) in [5.74, 6) is -8.00. The number of carboxylic acid groups (broad SMARTS) is 6. The molecule has 0 radical (unpaired) electrons. The number of hydrogen-bond acceptors (Lipinski definition) is 12. The normalized spacial score (nSPS) is 9.08. The van der Waals surface area contributed by atoms with Crippen molar-refractivity contribution < 1.29 is 80.5 Å². The van der Waals surface area contributed by atoms with E-state index in [9.17, 15) is 59.4 Å². The largest absolute Gasteiger partial charge is 0.545 e. The summed E-state index contributed by atoms with van der Waals surface area (Å²) in [5.41, 5.74) is -0.333. The van der Waals surface area contributed by atoms with Crippen LogP contribution in [0.25, 0.3) is 0 Å². The average Bonchev–Trinajstić information content (AvgIpc) is 2.84. The molecule has 0 bridgehead atoms. The van der Waals surface area contributed by atoms with Gasteiger partial charge in [-0.05, 0) is 33.4 Å². The van der Waals surface area contributed by atoms with Crippen LogP contribution in [0.3, 0.4) is 0 Å². The Labute approximate surface area is 222 Å². The number of aromatic carboxylic acids is 6. The van der Waals surface area contributed by atoms with Crippen molar-refractivity contribution in [1.82, 2.24) is 0 Å². The van der Waals surface area contributed by atoms with Crippen LogP contribution in [0.4, 0.5) is 0 Å². The fourth-order valence-electron chi connectivity index (χ4n) is 2.23. The third kappa shape index (κ3) is 11.0. The molecule has 0 atom stereocenters. The summed E-state index contributed by atoms with van der Waals surface area (Å²) in [5, 5.41) is 61.2. The zero-order valence-corrected chi connectivity index (χ0v) is 20.2. The summed E-state index contributed by atoms with van der Waals surface area (Å²) in [6, 6.07) is 13.8. The maximum Gasteiger partial charge on any atom is 0.0715 e. The average molecular weight is 588 g/mol. The fourth-order valence-corrected chi connectivity index (χ4v) is 2.23. The number of carbonyl (C=O) groups excluding carboxylic acids is 6. The Hall–Kier alpha value is -4.83. The van der Waals surface area contributed by atoms with Crippen LogP contribution in [0, 0.1) is 0 Å². The molecule has 3 aromatic carbocycles. The van der Waals surface area contributed by atoms with Crippen LogP contribution in [0.2, 0.25) is 0 Å². The minimum absolute atomic E-state index is 0. The molecule has 13 heteroatoms. The molecule has 0 amide bonds. The van der Waals surface area contributed by atoms with Crippen molar-refractivity contribution in [3.05, 3.63) is 106 Å². The standard InChI is InChI=1S/3C8H6O4.Mo/c3*9-7(10)5-1-2-6(4-3-5)8(11)12;/h3*1-4H,(H,9,10)(H,11,12);/p-6. The summed E-state index contributed by atoms with van der Waals surface area (Å²) in [4.78, 5) is 61.2. The summed E-state index contributed by atoms with van der Waals surface area (Å²) >= 11 is 0. The molecule has 3 rings (SSSR count). The Kier molecular flexibility index (Phi) is 13.2. The first-order valence-corrected chi connectivity index (χ1v) is 9.41. The first-order chi connectivity index (χ1) is 16.8. The molecule has 0 aliphatic carbocycles. The Morgan fingerprint density at radius 1 is 0.297 bits per heavy atom. The molecular weight excluding hydrogens is 576 g/mol. The molecule has 12 nitrogen and oxygen atoms in total. The van der Waals surface area contributed by atoms with Crippen molar-refractivity contribution in [2.75, 3.05) is 0 Å². The van der Waals surface area contributed by atoms with Crippen molar-refractivity contribution in [2.24, 2.45) is 0 Å². The van der Waals surface area contributed by atoms with E-state index in [1.807, 2.05) is 0 Å². The van der Waals surface area contributed by atoms with Gasteiger partial charge in [0.15, 0.2) is 0 Å². The molecule has 0 aliphatic rings. The number of rotatable bonds is 6. The van der Waals surface area contributed by atoms with Crippen LogP contribution in [-0.2, 0) is 21.1 Å². The van der Waals surface area contributed by atoms with E-state index in [4.69, 9.17) is 0 Å². The second-order valence-corrected chi connectivity index (χ2v) is 6.46. The van der Waals surface area contributed by atoms with Crippen LogP contribution in [0.5, 0.6) is 0 Å². The molecule has 0 unspecified atom stereocenters. The topological polar surface area (TPSA) is 241 Å². The van der Waals surface area contributed by atoms with Crippen LogP contribution in [0.1, 0.15) is 62.1 Å². The summed E-state index contributed by atoms with van der Waals surface area (Å²) < 4.78 is 0. The van der Waals surface area contributed by atoms with Crippen molar-refractivity contribution in [3.63, 3.8) is 0 Å². The van der Waals surface area contributed by atoms with Gasteiger partial charge in [0.05, 0.1) is 35.8 Å². The minimum atomic E-state index is -1.33. The van der Waals surface area contributed by atoms with Gasteiger partial charge in [0.2, 0.25) is 0 Å². The number of hydrogen-bond donors (Lipinski definition) is 0. The van der Waals surface area contributed by atoms with Crippen molar-refractivity contribution in [2.45, 2.75) is 0 Å². The molecular formula is C24H12MoO12-6. The van der Waals surface area contributed by atoms with Crippen LogP contribution >= 0.6 is 0 Å². The number of carbonyl (C=O) groups is 6. The van der Waals surface area contributed by atoms with Gasteiger partial charge in [0.25, 0.3) is 0 Å². The van der Waals surface area contributed by atoms with Crippen molar-refractivity contribution in [3.8, 4) is 0 Å². The molecule has 0 heterocycles. The minimum Gasteiger partial charge on any atom is -0.545 e. The Morgan fingerprint density at radius 3 is 0.432 bits per heavy atom. The van der Waals surface area contributed by atoms with Gasteiger partial charge in [-0.2, -0.15) is 0 Å². The second kappa shape index (κ2) is 15.2.